The number of hydrogen-bond donors (Lipinski definition) is 0. The monoisotopic (exact) mass is 921 g/mol. The highest BCUT2D eigenvalue weighted by Gasteiger charge is 2.32. The van der Waals surface area contributed by atoms with Crippen LogP contribution in [-0.2, 0) is 9.59 Å². The maximum Gasteiger partial charge on any atom is 0.246 e. The SMILES string of the molecule is C=CC(=O)N1CCN(c2c3cc(Cl)c(-c4c(C)ccc5ccccc45)c(F)c3nc[n+]2-c2ccc3c(-c4c(Cl)cc5c(N6CCN(C(=O)CC)CC6)ncnc5c4F)c(C)ccc3c2)CC1. The zero-order valence-corrected chi connectivity index (χ0v) is 38.2. The van der Waals surface area contributed by atoms with Gasteiger partial charge in [0.2, 0.25) is 24.0 Å². The molecule has 2 aliphatic rings. The predicted molar refractivity (Wildman–Crippen MR) is 260 cm³/mol. The van der Waals surface area contributed by atoms with Gasteiger partial charge in [-0.25, -0.2) is 23.3 Å². The number of benzene rings is 6. The van der Waals surface area contributed by atoms with Crippen LogP contribution in [0.15, 0.2) is 104 Å². The second-order valence-corrected chi connectivity index (χ2v) is 17.7. The van der Waals surface area contributed by atoms with Gasteiger partial charge in [0.25, 0.3) is 0 Å². The van der Waals surface area contributed by atoms with Crippen LogP contribution >= 0.6 is 23.2 Å². The van der Waals surface area contributed by atoms with Crippen molar-refractivity contribution in [3.05, 3.63) is 137 Å². The molecule has 332 valence electrons. The molecule has 0 saturated carbocycles. The van der Waals surface area contributed by atoms with Crippen molar-refractivity contribution < 1.29 is 22.9 Å². The number of aryl methyl sites for hydroxylation is 2. The summed E-state index contributed by atoms with van der Waals surface area (Å²) in [6.45, 7) is 13.4. The van der Waals surface area contributed by atoms with Gasteiger partial charge in [0.05, 0.1) is 41.6 Å². The molecule has 8 aromatic rings. The molecule has 0 radical (unpaired) electrons. The van der Waals surface area contributed by atoms with E-state index in [-0.39, 0.29) is 44.0 Å². The van der Waals surface area contributed by atoms with Gasteiger partial charge in [0.1, 0.15) is 23.3 Å². The van der Waals surface area contributed by atoms with Gasteiger partial charge in [-0.05, 0) is 88.0 Å². The Bertz CT molecular complexity index is 3330. The highest BCUT2D eigenvalue weighted by molar-refractivity contribution is 6.35. The molecule has 2 aromatic heterocycles. The van der Waals surface area contributed by atoms with Gasteiger partial charge in [-0.2, -0.15) is 0 Å². The number of amides is 2. The van der Waals surface area contributed by atoms with Crippen LogP contribution in [0.25, 0.3) is 71.3 Å². The van der Waals surface area contributed by atoms with Crippen LogP contribution in [0.5, 0.6) is 0 Å². The van der Waals surface area contributed by atoms with Gasteiger partial charge >= 0.3 is 0 Å². The number of fused-ring (bicyclic) bond motifs is 4. The zero-order valence-electron chi connectivity index (χ0n) is 36.7. The molecule has 0 spiro atoms. The zero-order chi connectivity index (χ0) is 46.0. The Morgan fingerprint density at radius 3 is 1.92 bits per heavy atom. The maximum absolute atomic E-state index is 17.3. The van der Waals surface area contributed by atoms with Crippen LogP contribution < -0.4 is 14.4 Å². The van der Waals surface area contributed by atoms with Crippen molar-refractivity contribution in [2.24, 2.45) is 0 Å². The first kappa shape index (κ1) is 43.1. The molecule has 2 saturated heterocycles. The molecule has 0 atom stereocenters. The number of halogens is 4. The Morgan fingerprint density at radius 1 is 0.667 bits per heavy atom. The van der Waals surface area contributed by atoms with E-state index < -0.39 is 11.6 Å². The Labute approximate surface area is 390 Å². The second-order valence-electron chi connectivity index (χ2n) is 16.9. The molecule has 2 amide bonds. The van der Waals surface area contributed by atoms with E-state index in [2.05, 4.69) is 21.4 Å². The quantitative estimate of drug-likeness (QED) is 0.116. The molecular formula is C52H45Cl2F2N8O2+. The second kappa shape index (κ2) is 17.2. The number of nitrogens with zero attached hydrogens (tertiary/aromatic N) is 8. The summed E-state index contributed by atoms with van der Waals surface area (Å²) in [5.41, 5.74) is 4.60. The van der Waals surface area contributed by atoms with Crippen molar-refractivity contribution in [1.29, 1.82) is 0 Å². The topological polar surface area (TPSA) is 89.7 Å². The molecule has 10 rings (SSSR count). The third-order valence-electron chi connectivity index (χ3n) is 13.2. The van der Waals surface area contributed by atoms with Gasteiger partial charge < -0.3 is 14.7 Å². The summed E-state index contributed by atoms with van der Waals surface area (Å²) >= 11 is 14.3. The minimum absolute atomic E-state index is 0.102. The van der Waals surface area contributed by atoms with Gasteiger partial charge in [-0.3, -0.25) is 14.5 Å². The fourth-order valence-electron chi connectivity index (χ4n) is 9.82. The summed E-state index contributed by atoms with van der Waals surface area (Å²) < 4.78 is 36.3. The lowest BCUT2D eigenvalue weighted by atomic mass is 9.92. The lowest BCUT2D eigenvalue weighted by Gasteiger charge is -2.35. The van der Waals surface area contributed by atoms with Gasteiger partial charge in [0.15, 0.2) is 17.2 Å². The van der Waals surface area contributed by atoms with Crippen LogP contribution in [0, 0.1) is 25.5 Å². The Hall–Kier alpha value is -6.76. The molecule has 6 aromatic carbocycles. The fourth-order valence-corrected chi connectivity index (χ4v) is 10.4. The summed E-state index contributed by atoms with van der Waals surface area (Å²) in [7, 11) is 0. The highest BCUT2D eigenvalue weighted by Crippen LogP contribution is 2.44. The molecule has 14 heteroatoms. The smallest absolute Gasteiger partial charge is 0.246 e. The van der Waals surface area contributed by atoms with E-state index in [4.69, 9.17) is 28.2 Å². The van der Waals surface area contributed by atoms with Crippen LogP contribution in [0.4, 0.5) is 20.4 Å². The number of carbonyl (C=O) groups is 2. The number of hydrogen-bond acceptors (Lipinski definition) is 7. The fraction of sp³-hybridized carbons (Fsp3) is 0.231. The Kier molecular flexibility index (Phi) is 11.3. The Morgan fingerprint density at radius 2 is 1.26 bits per heavy atom. The number of anilines is 2. The summed E-state index contributed by atoms with van der Waals surface area (Å²) in [6, 6.07) is 25.2. The third kappa shape index (κ3) is 7.23. The van der Waals surface area contributed by atoms with E-state index in [0.717, 1.165) is 38.4 Å². The Balaban J connectivity index is 1.10. The molecule has 0 unspecified atom stereocenters. The van der Waals surface area contributed by atoms with Crippen molar-refractivity contribution >= 4 is 90.0 Å². The lowest BCUT2D eigenvalue weighted by molar-refractivity contribution is -0.584. The molecule has 2 fully saturated rings. The lowest BCUT2D eigenvalue weighted by Crippen LogP contribution is -2.52. The molecule has 4 heterocycles. The van der Waals surface area contributed by atoms with Crippen molar-refractivity contribution in [2.45, 2.75) is 27.2 Å². The van der Waals surface area contributed by atoms with E-state index in [0.29, 0.717) is 92.3 Å². The van der Waals surface area contributed by atoms with Crippen LogP contribution in [0.3, 0.4) is 0 Å². The van der Waals surface area contributed by atoms with Gasteiger partial charge in [-0.15, -0.1) is 4.98 Å². The van der Waals surface area contributed by atoms with E-state index in [1.54, 1.807) is 23.4 Å². The summed E-state index contributed by atoms with van der Waals surface area (Å²) in [5.74, 6) is 0.107. The average molecular weight is 923 g/mol. The normalized spacial score (nSPS) is 14.5. The number of aromatic nitrogens is 4. The van der Waals surface area contributed by atoms with Crippen LogP contribution in [0.2, 0.25) is 10.0 Å². The van der Waals surface area contributed by atoms with Crippen LogP contribution in [-0.4, -0.2) is 88.9 Å². The highest BCUT2D eigenvalue weighted by atomic mass is 35.5. The summed E-state index contributed by atoms with van der Waals surface area (Å²) in [4.78, 5) is 46.5. The first-order valence-electron chi connectivity index (χ1n) is 22.0. The molecule has 0 bridgehead atoms. The third-order valence-corrected chi connectivity index (χ3v) is 13.8. The first-order valence-corrected chi connectivity index (χ1v) is 22.8. The van der Waals surface area contributed by atoms with Crippen molar-refractivity contribution in [1.82, 2.24) is 24.8 Å². The predicted octanol–water partition coefficient (Wildman–Crippen LogP) is 10.2. The number of piperazine rings is 2. The standard InChI is InChI=1S/C52H45Cl2F2N8O2/c1-5-41(65)60-17-21-62(22-18-60)51-37-26-39(53)45(47(55)49(37)57-28-58-51)44-31(4)12-14-33-25-34(15-16-36(33)44)64-29-59-50-38(52(64)63-23-19-61(20-24-63)42(66)6-2)27-40(54)46(48(50)56)43-30(3)11-13-32-9-7-8-10-35(32)43/h6-16,25-29H,2,5,17-24H2,1,3-4H3/q+1. The largest absolute Gasteiger partial charge is 0.352 e. The van der Waals surface area contributed by atoms with E-state index in [1.165, 1.54) is 12.4 Å². The van der Waals surface area contributed by atoms with E-state index in [1.807, 2.05) is 102 Å². The average Bonchev–Trinajstić information content (AvgIpc) is 3.34. The summed E-state index contributed by atoms with van der Waals surface area (Å²) in [6.07, 6.45) is 4.76. The van der Waals surface area contributed by atoms with Crippen LogP contribution in [0.1, 0.15) is 24.5 Å². The molecule has 0 N–H and O–H groups in total. The van der Waals surface area contributed by atoms with Crippen molar-refractivity contribution in [3.8, 4) is 27.9 Å². The molecule has 66 heavy (non-hydrogen) atoms. The molecule has 0 aliphatic carbocycles. The van der Waals surface area contributed by atoms with Gasteiger partial charge in [0, 0.05) is 49.1 Å². The van der Waals surface area contributed by atoms with Crippen molar-refractivity contribution in [2.75, 3.05) is 62.2 Å². The van der Waals surface area contributed by atoms with E-state index in [9.17, 15) is 9.59 Å². The molecule has 10 nitrogen and oxygen atoms in total. The van der Waals surface area contributed by atoms with E-state index >= 15 is 8.78 Å². The minimum Gasteiger partial charge on any atom is -0.352 e. The molecular weight excluding hydrogens is 878 g/mol. The minimum atomic E-state index is -0.554. The van der Waals surface area contributed by atoms with Crippen molar-refractivity contribution in [3.63, 3.8) is 0 Å². The molecule has 2 aliphatic heterocycles. The number of carbonyl (C=O) groups excluding carboxylic acids is 2. The number of rotatable bonds is 7. The maximum atomic E-state index is 17.3. The summed E-state index contributed by atoms with van der Waals surface area (Å²) in [5, 5.41) is 4.90. The van der Waals surface area contributed by atoms with Gasteiger partial charge in [-0.1, -0.05) is 91.3 Å². The first-order chi connectivity index (χ1) is 32.0.